The van der Waals surface area contributed by atoms with Gasteiger partial charge in [0.1, 0.15) is 11.6 Å². The van der Waals surface area contributed by atoms with Crippen molar-refractivity contribution in [3.63, 3.8) is 0 Å². The van der Waals surface area contributed by atoms with Gasteiger partial charge in [-0.2, -0.15) is 4.98 Å². The number of hydrogen-bond donors (Lipinski definition) is 2. The van der Waals surface area contributed by atoms with Crippen molar-refractivity contribution < 1.29 is 4.74 Å². The second-order valence-electron chi connectivity index (χ2n) is 5.36. The summed E-state index contributed by atoms with van der Waals surface area (Å²) < 4.78 is 5.32. The monoisotopic (exact) mass is 318 g/mol. The van der Waals surface area contributed by atoms with E-state index in [-0.39, 0.29) is 0 Å². The number of nitrogens with zero attached hydrogens (tertiary/aromatic N) is 2. The maximum absolute atomic E-state index is 6.04. The van der Waals surface area contributed by atoms with Gasteiger partial charge in [0, 0.05) is 17.3 Å². The molecular weight excluding hydrogens is 300 g/mol. The van der Waals surface area contributed by atoms with E-state index < -0.39 is 0 Å². The molecule has 116 valence electrons. The minimum atomic E-state index is 0.517. The average Bonchev–Trinajstić information content (AvgIpc) is 3.01. The lowest BCUT2D eigenvalue weighted by atomic mass is 10.2. The first kappa shape index (κ1) is 14.9. The van der Waals surface area contributed by atoms with Crippen LogP contribution in [0.5, 0.6) is 5.75 Å². The molecule has 0 radical (unpaired) electrons. The van der Waals surface area contributed by atoms with Crippen LogP contribution in [0.1, 0.15) is 25.7 Å². The molecule has 0 atom stereocenters. The summed E-state index contributed by atoms with van der Waals surface area (Å²) in [5.74, 6) is 2.05. The van der Waals surface area contributed by atoms with Crippen molar-refractivity contribution in [2.45, 2.75) is 31.7 Å². The Morgan fingerprint density at radius 3 is 2.82 bits per heavy atom. The molecule has 1 aliphatic carbocycles. The molecule has 0 unspecified atom stereocenters. The number of anilines is 3. The smallest absolute Gasteiger partial charge is 0.229 e. The minimum Gasteiger partial charge on any atom is -0.495 e. The Morgan fingerprint density at radius 1 is 1.23 bits per heavy atom. The molecule has 0 aliphatic heterocycles. The first-order valence-corrected chi connectivity index (χ1v) is 7.82. The molecule has 1 saturated carbocycles. The first-order valence-electron chi connectivity index (χ1n) is 7.45. The molecule has 0 amide bonds. The van der Waals surface area contributed by atoms with Crippen molar-refractivity contribution >= 4 is 29.1 Å². The van der Waals surface area contributed by atoms with E-state index >= 15 is 0 Å². The van der Waals surface area contributed by atoms with Crippen LogP contribution in [0.25, 0.3) is 0 Å². The normalized spacial score (nSPS) is 14.8. The third-order valence-electron chi connectivity index (χ3n) is 3.77. The highest BCUT2D eigenvalue weighted by Crippen LogP contribution is 2.29. The predicted octanol–water partition coefficient (Wildman–Crippen LogP) is 4.24. The lowest BCUT2D eigenvalue weighted by Gasteiger charge is -2.14. The van der Waals surface area contributed by atoms with Gasteiger partial charge in [0.25, 0.3) is 0 Å². The summed E-state index contributed by atoms with van der Waals surface area (Å²) in [6.07, 6.45) is 6.72. The second kappa shape index (κ2) is 6.83. The third-order valence-corrected chi connectivity index (χ3v) is 4.01. The summed E-state index contributed by atoms with van der Waals surface area (Å²) in [4.78, 5) is 8.76. The van der Waals surface area contributed by atoms with Crippen LogP contribution >= 0.6 is 11.6 Å². The topological polar surface area (TPSA) is 59.1 Å². The Hall–Kier alpha value is -2.01. The van der Waals surface area contributed by atoms with Gasteiger partial charge in [0.2, 0.25) is 5.95 Å². The van der Waals surface area contributed by atoms with E-state index in [1.807, 2.05) is 12.1 Å². The van der Waals surface area contributed by atoms with E-state index in [4.69, 9.17) is 16.3 Å². The SMILES string of the molecule is COc1ccc(Cl)cc1Nc1nccc(NC2CCCC2)n1. The number of aromatic nitrogens is 2. The van der Waals surface area contributed by atoms with Crippen LogP contribution < -0.4 is 15.4 Å². The molecule has 1 aliphatic rings. The van der Waals surface area contributed by atoms with Gasteiger partial charge in [-0.05, 0) is 37.1 Å². The maximum atomic E-state index is 6.04. The van der Waals surface area contributed by atoms with Crippen molar-refractivity contribution in [2.75, 3.05) is 17.7 Å². The summed E-state index contributed by atoms with van der Waals surface area (Å²) in [5.41, 5.74) is 0.744. The first-order chi connectivity index (χ1) is 10.7. The summed E-state index contributed by atoms with van der Waals surface area (Å²) in [5, 5.41) is 7.24. The van der Waals surface area contributed by atoms with Gasteiger partial charge < -0.3 is 15.4 Å². The number of methoxy groups -OCH3 is 1. The highest BCUT2D eigenvalue weighted by molar-refractivity contribution is 6.30. The standard InChI is InChI=1S/C16H19ClN4O/c1-22-14-7-6-11(17)10-13(14)20-16-18-9-8-15(21-16)19-12-4-2-3-5-12/h6-10,12H,2-5H2,1H3,(H2,18,19,20,21). The van der Waals surface area contributed by atoms with Gasteiger partial charge in [-0.25, -0.2) is 4.98 Å². The molecule has 6 heteroatoms. The van der Waals surface area contributed by atoms with Gasteiger partial charge in [-0.1, -0.05) is 24.4 Å². The number of halogens is 1. The Kier molecular flexibility index (Phi) is 4.63. The number of hydrogen-bond acceptors (Lipinski definition) is 5. The van der Waals surface area contributed by atoms with Gasteiger partial charge in [0.05, 0.1) is 12.8 Å². The molecule has 1 fully saturated rings. The fourth-order valence-electron chi connectivity index (χ4n) is 2.68. The van der Waals surface area contributed by atoms with Crippen LogP contribution in [0.4, 0.5) is 17.5 Å². The maximum Gasteiger partial charge on any atom is 0.229 e. The molecule has 1 aromatic heterocycles. The number of ether oxygens (including phenoxy) is 1. The quantitative estimate of drug-likeness (QED) is 0.863. The largest absolute Gasteiger partial charge is 0.495 e. The fourth-order valence-corrected chi connectivity index (χ4v) is 2.85. The number of benzene rings is 1. The van der Waals surface area contributed by atoms with Gasteiger partial charge in [-0.3, -0.25) is 0 Å². The van der Waals surface area contributed by atoms with E-state index in [1.165, 1.54) is 25.7 Å². The molecule has 1 aromatic carbocycles. The zero-order valence-electron chi connectivity index (χ0n) is 12.5. The van der Waals surface area contributed by atoms with Crippen LogP contribution in [-0.2, 0) is 0 Å². The fraction of sp³-hybridized carbons (Fsp3) is 0.375. The molecule has 2 N–H and O–H groups in total. The lowest BCUT2D eigenvalue weighted by molar-refractivity contribution is 0.417. The molecule has 22 heavy (non-hydrogen) atoms. The van der Waals surface area contributed by atoms with Gasteiger partial charge >= 0.3 is 0 Å². The van der Waals surface area contributed by atoms with Crippen molar-refractivity contribution in [1.82, 2.24) is 9.97 Å². The van der Waals surface area contributed by atoms with Crippen molar-refractivity contribution in [3.05, 3.63) is 35.5 Å². The Balaban J connectivity index is 1.76. The van der Waals surface area contributed by atoms with Crippen molar-refractivity contribution in [2.24, 2.45) is 0 Å². The summed E-state index contributed by atoms with van der Waals surface area (Å²) in [6, 6.07) is 7.79. The number of rotatable bonds is 5. The van der Waals surface area contributed by atoms with Crippen LogP contribution in [0.15, 0.2) is 30.5 Å². The molecule has 0 saturated heterocycles. The molecule has 3 rings (SSSR count). The highest BCUT2D eigenvalue weighted by atomic mass is 35.5. The Bertz CT molecular complexity index is 644. The lowest BCUT2D eigenvalue weighted by Crippen LogP contribution is -2.15. The predicted molar refractivity (Wildman–Crippen MR) is 89.2 cm³/mol. The highest BCUT2D eigenvalue weighted by Gasteiger charge is 2.15. The van der Waals surface area contributed by atoms with Gasteiger partial charge in [0.15, 0.2) is 0 Å². The minimum absolute atomic E-state index is 0.517. The van der Waals surface area contributed by atoms with Crippen LogP contribution in [0.2, 0.25) is 5.02 Å². The van der Waals surface area contributed by atoms with Crippen molar-refractivity contribution in [3.8, 4) is 5.75 Å². The van der Waals surface area contributed by atoms with Crippen LogP contribution in [0, 0.1) is 0 Å². The van der Waals surface area contributed by atoms with E-state index in [0.717, 1.165) is 11.5 Å². The van der Waals surface area contributed by atoms with E-state index in [2.05, 4.69) is 20.6 Å². The van der Waals surface area contributed by atoms with Gasteiger partial charge in [-0.15, -0.1) is 0 Å². The summed E-state index contributed by atoms with van der Waals surface area (Å²) >= 11 is 6.04. The molecule has 2 aromatic rings. The molecule has 5 nitrogen and oxygen atoms in total. The molecule has 0 bridgehead atoms. The van der Waals surface area contributed by atoms with E-state index in [9.17, 15) is 0 Å². The summed E-state index contributed by atoms with van der Waals surface area (Å²) in [6.45, 7) is 0. The zero-order chi connectivity index (χ0) is 15.4. The van der Waals surface area contributed by atoms with E-state index in [1.54, 1.807) is 25.4 Å². The number of nitrogens with one attached hydrogen (secondary N) is 2. The Labute approximate surface area is 135 Å². The molecule has 1 heterocycles. The average molecular weight is 319 g/mol. The van der Waals surface area contributed by atoms with Crippen LogP contribution in [-0.4, -0.2) is 23.1 Å². The van der Waals surface area contributed by atoms with Crippen LogP contribution in [0.3, 0.4) is 0 Å². The molecular formula is C16H19ClN4O. The van der Waals surface area contributed by atoms with E-state index in [0.29, 0.717) is 22.8 Å². The zero-order valence-corrected chi connectivity index (χ0v) is 13.2. The third kappa shape index (κ3) is 3.60. The second-order valence-corrected chi connectivity index (χ2v) is 5.80. The summed E-state index contributed by atoms with van der Waals surface area (Å²) in [7, 11) is 1.62. The van der Waals surface area contributed by atoms with Crippen molar-refractivity contribution in [1.29, 1.82) is 0 Å². The molecule has 0 spiro atoms. The Morgan fingerprint density at radius 2 is 2.05 bits per heavy atom.